The molecule has 3 nitrogen and oxygen atoms in total. The molecule has 1 unspecified atom stereocenters. The lowest BCUT2D eigenvalue weighted by atomic mass is 10.1. The number of aliphatic hydroxyl groups is 1. The molecule has 80 valence electrons. The Labute approximate surface area is 90.5 Å². The van der Waals surface area contributed by atoms with Crippen molar-refractivity contribution in [2.24, 2.45) is 0 Å². The second kappa shape index (κ2) is 6.65. The zero-order valence-electron chi connectivity index (χ0n) is 8.36. The molecule has 0 aliphatic carbocycles. The lowest BCUT2D eigenvalue weighted by Gasteiger charge is -2.10. The summed E-state index contributed by atoms with van der Waals surface area (Å²) in [5.74, 6) is 0.806. The number of rotatable bonds is 4. The van der Waals surface area contributed by atoms with E-state index < -0.39 is 6.10 Å². The lowest BCUT2D eigenvalue weighted by Crippen LogP contribution is -2.16. The summed E-state index contributed by atoms with van der Waals surface area (Å²) < 4.78 is 5.01. The molecule has 0 heterocycles. The smallest absolute Gasteiger partial charge is 0.118 e. The summed E-state index contributed by atoms with van der Waals surface area (Å²) in [5, 5.41) is 12.5. The number of halogens is 1. The topological polar surface area (TPSA) is 41.5 Å². The minimum absolute atomic E-state index is 0. The van der Waals surface area contributed by atoms with Crippen molar-refractivity contribution in [2.45, 2.75) is 6.10 Å². The van der Waals surface area contributed by atoms with Gasteiger partial charge in [-0.2, -0.15) is 0 Å². The van der Waals surface area contributed by atoms with E-state index in [2.05, 4.69) is 5.32 Å². The molecule has 0 bridgehead atoms. The maximum atomic E-state index is 9.58. The third kappa shape index (κ3) is 3.54. The fourth-order valence-corrected chi connectivity index (χ4v) is 1.14. The third-order valence-corrected chi connectivity index (χ3v) is 1.90. The van der Waals surface area contributed by atoms with E-state index in [0.29, 0.717) is 6.54 Å². The van der Waals surface area contributed by atoms with Gasteiger partial charge in [-0.15, -0.1) is 12.4 Å². The van der Waals surface area contributed by atoms with Crippen LogP contribution in [0.5, 0.6) is 5.75 Å². The summed E-state index contributed by atoms with van der Waals surface area (Å²) in [5.41, 5.74) is 0.898. The van der Waals surface area contributed by atoms with Crippen LogP contribution in [0.4, 0.5) is 0 Å². The number of nitrogens with one attached hydrogen (secondary N) is 1. The van der Waals surface area contributed by atoms with Crippen LogP contribution in [0.1, 0.15) is 11.7 Å². The van der Waals surface area contributed by atoms with Crippen LogP contribution in [-0.2, 0) is 0 Å². The first-order valence-corrected chi connectivity index (χ1v) is 4.24. The molecule has 1 atom stereocenters. The second-order valence-corrected chi connectivity index (χ2v) is 2.85. The first-order valence-electron chi connectivity index (χ1n) is 4.24. The fraction of sp³-hybridized carbons (Fsp3) is 0.400. The largest absolute Gasteiger partial charge is 0.497 e. The zero-order chi connectivity index (χ0) is 9.68. The van der Waals surface area contributed by atoms with Gasteiger partial charge in [0, 0.05) is 6.54 Å². The molecule has 1 aromatic carbocycles. The van der Waals surface area contributed by atoms with Gasteiger partial charge in [-0.1, -0.05) is 12.1 Å². The van der Waals surface area contributed by atoms with Crippen LogP contribution in [0.2, 0.25) is 0 Å². The number of hydrogen-bond acceptors (Lipinski definition) is 3. The molecule has 0 fully saturated rings. The molecule has 4 heteroatoms. The average Bonchev–Trinajstić information content (AvgIpc) is 2.18. The van der Waals surface area contributed by atoms with Crippen molar-refractivity contribution in [2.75, 3.05) is 20.7 Å². The predicted molar refractivity (Wildman–Crippen MR) is 59.1 cm³/mol. The van der Waals surface area contributed by atoms with Crippen LogP contribution < -0.4 is 10.1 Å². The van der Waals surface area contributed by atoms with E-state index in [9.17, 15) is 5.11 Å². The molecule has 0 aliphatic heterocycles. The van der Waals surface area contributed by atoms with E-state index in [0.717, 1.165) is 11.3 Å². The van der Waals surface area contributed by atoms with Gasteiger partial charge in [-0.3, -0.25) is 0 Å². The summed E-state index contributed by atoms with van der Waals surface area (Å²) in [6.45, 7) is 0.562. The van der Waals surface area contributed by atoms with Crippen LogP contribution in [0, 0.1) is 0 Å². The Hall–Kier alpha value is -0.770. The van der Waals surface area contributed by atoms with Gasteiger partial charge >= 0.3 is 0 Å². The standard InChI is InChI=1S/C10H15NO2.ClH/c1-11-7-10(12)8-3-5-9(13-2)6-4-8;/h3-6,10-12H,7H2,1-2H3;1H. The van der Waals surface area contributed by atoms with E-state index in [1.807, 2.05) is 31.3 Å². The second-order valence-electron chi connectivity index (χ2n) is 2.85. The van der Waals surface area contributed by atoms with Crippen molar-refractivity contribution < 1.29 is 9.84 Å². The number of benzene rings is 1. The van der Waals surface area contributed by atoms with Gasteiger partial charge in [0.1, 0.15) is 5.75 Å². The van der Waals surface area contributed by atoms with Gasteiger partial charge in [-0.05, 0) is 24.7 Å². The van der Waals surface area contributed by atoms with Crippen molar-refractivity contribution in [1.29, 1.82) is 0 Å². The molecule has 1 rings (SSSR count). The van der Waals surface area contributed by atoms with Gasteiger partial charge in [-0.25, -0.2) is 0 Å². The van der Waals surface area contributed by atoms with Gasteiger partial charge in [0.25, 0.3) is 0 Å². The van der Waals surface area contributed by atoms with Crippen molar-refractivity contribution in [3.05, 3.63) is 29.8 Å². The lowest BCUT2D eigenvalue weighted by molar-refractivity contribution is 0.177. The van der Waals surface area contributed by atoms with E-state index in [1.54, 1.807) is 7.11 Å². The van der Waals surface area contributed by atoms with Gasteiger partial charge in [0.15, 0.2) is 0 Å². The molecule has 0 aromatic heterocycles. The van der Waals surface area contributed by atoms with E-state index >= 15 is 0 Å². The van der Waals surface area contributed by atoms with E-state index in [4.69, 9.17) is 4.74 Å². The first kappa shape index (κ1) is 13.2. The number of ether oxygens (including phenoxy) is 1. The van der Waals surface area contributed by atoms with Gasteiger partial charge < -0.3 is 15.2 Å². The Morgan fingerprint density at radius 2 is 1.93 bits per heavy atom. The van der Waals surface area contributed by atoms with Crippen LogP contribution in [-0.4, -0.2) is 25.8 Å². The highest BCUT2D eigenvalue weighted by Crippen LogP contribution is 2.16. The van der Waals surface area contributed by atoms with Crippen LogP contribution >= 0.6 is 12.4 Å². The third-order valence-electron chi connectivity index (χ3n) is 1.90. The highest BCUT2D eigenvalue weighted by molar-refractivity contribution is 5.85. The molecule has 0 spiro atoms. The Bertz CT molecular complexity index is 251. The van der Waals surface area contributed by atoms with Crippen LogP contribution in [0.3, 0.4) is 0 Å². The van der Waals surface area contributed by atoms with Crippen molar-refractivity contribution in [1.82, 2.24) is 5.32 Å². The first-order chi connectivity index (χ1) is 6.27. The summed E-state index contributed by atoms with van der Waals surface area (Å²) in [4.78, 5) is 0. The predicted octanol–water partition coefficient (Wildman–Crippen LogP) is 1.37. The summed E-state index contributed by atoms with van der Waals surface area (Å²) in [6.07, 6.45) is -0.448. The number of methoxy groups -OCH3 is 1. The minimum atomic E-state index is -0.448. The van der Waals surface area contributed by atoms with Gasteiger partial charge in [0.2, 0.25) is 0 Å². The van der Waals surface area contributed by atoms with Crippen LogP contribution in [0.25, 0.3) is 0 Å². The van der Waals surface area contributed by atoms with E-state index in [1.165, 1.54) is 0 Å². The van der Waals surface area contributed by atoms with Gasteiger partial charge in [0.05, 0.1) is 13.2 Å². The number of hydrogen-bond donors (Lipinski definition) is 2. The molecule has 0 radical (unpaired) electrons. The molecular weight excluding hydrogens is 202 g/mol. The molecule has 1 aromatic rings. The molecule has 2 N–H and O–H groups in total. The SMILES string of the molecule is CNCC(O)c1ccc(OC)cc1.Cl. The molecule has 14 heavy (non-hydrogen) atoms. The highest BCUT2D eigenvalue weighted by Gasteiger charge is 2.04. The Morgan fingerprint density at radius 3 is 2.36 bits per heavy atom. The maximum Gasteiger partial charge on any atom is 0.118 e. The van der Waals surface area contributed by atoms with Crippen molar-refractivity contribution in [3.63, 3.8) is 0 Å². The molecule has 0 saturated heterocycles. The summed E-state index contributed by atoms with van der Waals surface area (Å²) in [6, 6.07) is 7.41. The Morgan fingerprint density at radius 1 is 1.36 bits per heavy atom. The van der Waals surface area contributed by atoms with Crippen molar-refractivity contribution in [3.8, 4) is 5.75 Å². The summed E-state index contributed by atoms with van der Waals surface area (Å²) in [7, 11) is 3.44. The fourth-order valence-electron chi connectivity index (χ4n) is 1.14. The molecule has 0 aliphatic rings. The zero-order valence-corrected chi connectivity index (χ0v) is 9.17. The van der Waals surface area contributed by atoms with Crippen LogP contribution in [0.15, 0.2) is 24.3 Å². The molecular formula is C10H16ClNO2. The quantitative estimate of drug-likeness (QED) is 0.801. The monoisotopic (exact) mass is 217 g/mol. The van der Waals surface area contributed by atoms with E-state index in [-0.39, 0.29) is 12.4 Å². The number of likely N-dealkylation sites (N-methyl/N-ethyl adjacent to an activating group) is 1. The highest BCUT2D eigenvalue weighted by atomic mass is 35.5. The average molecular weight is 218 g/mol. The Kier molecular flexibility index (Phi) is 6.28. The molecule has 0 amide bonds. The summed E-state index contributed by atoms with van der Waals surface area (Å²) >= 11 is 0. The minimum Gasteiger partial charge on any atom is -0.497 e. The number of aliphatic hydroxyl groups excluding tert-OH is 1. The molecule has 0 saturated carbocycles. The normalized spacial score (nSPS) is 11.6. The Balaban J connectivity index is 0.00000169. The van der Waals surface area contributed by atoms with Crippen molar-refractivity contribution >= 4 is 12.4 Å². The maximum absolute atomic E-state index is 9.58.